The lowest BCUT2D eigenvalue weighted by Crippen LogP contribution is -2.34. The average Bonchev–Trinajstić information content (AvgIpc) is 3.01. The van der Waals surface area contributed by atoms with E-state index in [-0.39, 0.29) is 23.4 Å². The minimum Gasteiger partial charge on any atom is -0.457 e. The average molecular weight is 348 g/mol. The molecule has 1 unspecified atom stereocenters. The van der Waals surface area contributed by atoms with Crippen molar-refractivity contribution in [2.45, 2.75) is 19.1 Å². The first kappa shape index (κ1) is 16.3. The van der Waals surface area contributed by atoms with Crippen molar-refractivity contribution < 1.29 is 19.0 Å². The molecular formula is C16H13FN2O4S. The van der Waals surface area contributed by atoms with Gasteiger partial charge in [-0.05, 0) is 24.6 Å². The van der Waals surface area contributed by atoms with Crippen LogP contribution in [0, 0.1) is 5.82 Å². The standard InChI is InChI=1S/C16H13FN2O4S/c1-16(22,10-3-2-4-11(17)7-10)14(21)23-9-12-8-13(20)19-5-6-24-15(19)18-12/h2-8,22H,9H2,1H3. The fraction of sp³-hybridized carbons (Fsp3) is 0.188. The first-order valence-electron chi connectivity index (χ1n) is 6.99. The minimum atomic E-state index is -2.01. The number of fused-ring (bicyclic) bond motifs is 1. The Morgan fingerprint density at radius 1 is 1.46 bits per heavy atom. The van der Waals surface area contributed by atoms with Gasteiger partial charge in [-0.2, -0.15) is 0 Å². The van der Waals surface area contributed by atoms with Crippen LogP contribution in [0.25, 0.3) is 4.96 Å². The van der Waals surface area contributed by atoms with Crippen molar-refractivity contribution in [1.29, 1.82) is 0 Å². The third kappa shape index (κ3) is 3.06. The van der Waals surface area contributed by atoms with Crippen molar-refractivity contribution in [3.63, 3.8) is 0 Å². The molecule has 0 aliphatic rings. The maximum absolute atomic E-state index is 13.3. The molecule has 0 amide bonds. The topological polar surface area (TPSA) is 80.9 Å². The lowest BCUT2D eigenvalue weighted by atomic mass is 9.96. The van der Waals surface area contributed by atoms with Crippen LogP contribution in [-0.4, -0.2) is 20.5 Å². The van der Waals surface area contributed by atoms with Crippen LogP contribution < -0.4 is 5.56 Å². The third-order valence-electron chi connectivity index (χ3n) is 3.49. The van der Waals surface area contributed by atoms with Crippen molar-refractivity contribution in [3.05, 3.63) is 69.3 Å². The maximum atomic E-state index is 13.3. The SMILES string of the molecule is CC(O)(C(=O)OCc1cc(=O)n2ccsc2n1)c1cccc(F)c1. The van der Waals surface area contributed by atoms with Crippen molar-refractivity contribution in [3.8, 4) is 0 Å². The molecule has 24 heavy (non-hydrogen) atoms. The second kappa shape index (κ2) is 6.14. The van der Waals surface area contributed by atoms with Gasteiger partial charge in [0.25, 0.3) is 5.56 Å². The van der Waals surface area contributed by atoms with Gasteiger partial charge in [0, 0.05) is 17.6 Å². The van der Waals surface area contributed by atoms with E-state index in [4.69, 9.17) is 4.74 Å². The van der Waals surface area contributed by atoms with Gasteiger partial charge in [0.05, 0.1) is 5.69 Å². The molecule has 6 nitrogen and oxygen atoms in total. The van der Waals surface area contributed by atoms with E-state index in [2.05, 4.69) is 4.98 Å². The summed E-state index contributed by atoms with van der Waals surface area (Å²) in [5.41, 5.74) is -1.95. The Labute approximate surface area is 139 Å². The Morgan fingerprint density at radius 3 is 3.00 bits per heavy atom. The number of aliphatic hydroxyl groups is 1. The number of benzene rings is 1. The van der Waals surface area contributed by atoms with Gasteiger partial charge in [0.2, 0.25) is 0 Å². The van der Waals surface area contributed by atoms with Crippen molar-refractivity contribution in [2.24, 2.45) is 0 Å². The molecule has 3 rings (SSSR count). The maximum Gasteiger partial charge on any atom is 0.342 e. The smallest absolute Gasteiger partial charge is 0.342 e. The van der Waals surface area contributed by atoms with Gasteiger partial charge in [-0.25, -0.2) is 14.2 Å². The summed E-state index contributed by atoms with van der Waals surface area (Å²) in [6.45, 7) is 0.947. The molecular weight excluding hydrogens is 335 g/mol. The number of carbonyl (C=O) groups is 1. The summed E-state index contributed by atoms with van der Waals surface area (Å²) in [5.74, 6) is -1.53. The summed E-state index contributed by atoms with van der Waals surface area (Å²) in [7, 11) is 0. The summed E-state index contributed by atoms with van der Waals surface area (Å²) in [4.78, 5) is 28.7. The van der Waals surface area contributed by atoms with Crippen LogP contribution in [0.3, 0.4) is 0 Å². The highest BCUT2D eigenvalue weighted by atomic mass is 32.1. The highest BCUT2D eigenvalue weighted by molar-refractivity contribution is 7.15. The molecule has 0 saturated heterocycles. The highest BCUT2D eigenvalue weighted by Crippen LogP contribution is 2.23. The molecule has 0 spiro atoms. The Bertz CT molecular complexity index is 964. The predicted octanol–water partition coefficient (Wildman–Crippen LogP) is 1.85. The molecule has 3 aromatic rings. The molecule has 0 radical (unpaired) electrons. The summed E-state index contributed by atoms with van der Waals surface area (Å²) >= 11 is 1.27. The van der Waals surface area contributed by atoms with E-state index in [1.165, 1.54) is 46.9 Å². The lowest BCUT2D eigenvalue weighted by molar-refractivity contribution is -0.166. The summed E-state index contributed by atoms with van der Waals surface area (Å²) in [6.07, 6.45) is 1.60. The number of aromatic nitrogens is 2. The van der Waals surface area contributed by atoms with Crippen molar-refractivity contribution in [2.75, 3.05) is 0 Å². The summed E-state index contributed by atoms with van der Waals surface area (Å²) in [6, 6.07) is 6.33. The highest BCUT2D eigenvalue weighted by Gasteiger charge is 2.34. The van der Waals surface area contributed by atoms with Gasteiger partial charge in [-0.1, -0.05) is 12.1 Å². The Hall–Kier alpha value is -2.58. The van der Waals surface area contributed by atoms with E-state index in [1.54, 1.807) is 11.6 Å². The summed E-state index contributed by atoms with van der Waals surface area (Å²) < 4.78 is 19.7. The van der Waals surface area contributed by atoms with Crippen molar-refractivity contribution in [1.82, 2.24) is 9.38 Å². The van der Waals surface area contributed by atoms with E-state index in [1.807, 2.05) is 0 Å². The molecule has 0 fully saturated rings. The zero-order valence-corrected chi connectivity index (χ0v) is 13.4. The number of halogens is 1. The van der Waals surface area contributed by atoms with Gasteiger partial charge in [0.1, 0.15) is 12.4 Å². The van der Waals surface area contributed by atoms with Crippen molar-refractivity contribution >= 4 is 22.3 Å². The van der Waals surface area contributed by atoms with Crippen LogP contribution in [0.1, 0.15) is 18.2 Å². The Balaban J connectivity index is 1.77. The van der Waals surface area contributed by atoms with Crippen LogP contribution in [0.2, 0.25) is 0 Å². The zero-order chi connectivity index (χ0) is 17.3. The molecule has 2 heterocycles. The largest absolute Gasteiger partial charge is 0.457 e. The van der Waals surface area contributed by atoms with E-state index in [0.29, 0.717) is 4.96 Å². The molecule has 1 atom stereocenters. The van der Waals surface area contributed by atoms with Crippen LogP contribution in [0.4, 0.5) is 4.39 Å². The van der Waals surface area contributed by atoms with Crippen LogP contribution in [-0.2, 0) is 21.7 Å². The normalized spacial score (nSPS) is 13.6. The zero-order valence-electron chi connectivity index (χ0n) is 12.6. The van der Waals surface area contributed by atoms with Gasteiger partial charge < -0.3 is 9.84 Å². The second-order valence-corrected chi connectivity index (χ2v) is 6.17. The number of carbonyl (C=O) groups excluding carboxylic acids is 1. The van der Waals surface area contributed by atoms with E-state index in [9.17, 15) is 19.1 Å². The van der Waals surface area contributed by atoms with E-state index >= 15 is 0 Å². The molecule has 2 aromatic heterocycles. The molecule has 1 aromatic carbocycles. The Kier molecular flexibility index (Phi) is 4.16. The van der Waals surface area contributed by atoms with Crippen LogP contribution >= 0.6 is 11.3 Å². The first-order valence-corrected chi connectivity index (χ1v) is 7.87. The molecule has 124 valence electrons. The fourth-order valence-corrected chi connectivity index (χ4v) is 2.89. The number of hydrogen-bond acceptors (Lipinski definition) is 6. The fourth-order valence-electron chi connectivity index (χ4n) is 2.15. The van der Waals surface area contributed by atoms with E-state index in [0.717, 1.165) is 6.07 Å². The van der Waals surface area contributed by atoms with Gasteiger partial charge in [-0.15, -0.1) is 11.3 Å². The molecule has 0 aliphatic carbocycles. The summed E-state index contributed by atoms with van der Waals surface area (Å²) in [5, 5.41) is 12.0. The van der Waals surface area contributed by atoms with E-state index < -0.39 is 17.4 Å². The number of thiazole rings is 1. The Morgan fingerprint density at radius 2 is 2.25 bits per heavy atom. The lowest BCUT2D eigenvalue weighted by Gasteiger charge is -2.21. The number of hydrogen-bond donors (Lipinski definition) is 1. The number of rotatable bonds is 4. The number of esters is 1. The van der Waals surface area contributed by atoms with Crippen LogP contribution in [0.5, 0.6) is 0 Å². The minimum absolute atomic E-state index is 0.0780. The molecule has 0 bridgehead atoms. The number of ether oxygens (including phenoxy) is 1. The molecule has 1 N–H and O–H groups in total. The van der Waals surface area contributed by atoms with Gasteiger partial charge >= 0.3 is 5.97 Å². The first-order chi connectivity index (χ1) is 11.4. The molecule has 0 aliphatic heterocycles. The molecule has 8 heteroatoms. The van der Waals surface area contributed by atoms with Gasteiger partial charge in [-0.3, -0.25) is 9.20 Å². The van der Waals surface area contributed by atoms with Crippen LogP contribution in [0.15, 0.2) is 46.7 Å². The third-order valence-corrected chi connectivity index (χ3v) is 4.25. The monoisotopic (exact) mass is 348 g/mol. The predicted molar refractivity (Wildman–Crippen MR) is 85.1 cm³/mol. The van der Waals surface area contributed by atoms with Gasteiger partial charge in [0.15, 0.2) is 10.6 Å². The number of nitrogens with zero attached hydrogens (tertiary/aromatic N) is 2. The molecule has 0 saturated carbocycles. The second-order valence-electron chi connectivity index (χ2n) is 5.30. The quantitative estimate of drug-likeness (QED) is 0.728.